The Bertz CT molecular complexity index is 1020. The van der Waals surface area contributed by atoms with E-state index in [0.717, 1.165) is 17.0 Å². The van der Waals surface area contributed by atoms with Crippen molar-refractivity contribution in [2.75, 3.05) is 0 Å². The van der Waals surface area contributed by atoms with Crippen LogP contribution < -0.4 is 0 Å². The Morgan fingerprint density at radius 1 is 0.600 bits per heavy atom. The Morgan fingerprint density at radius 3 is 1.96 bits per heavy atom. The molecule has 1 aromatic heterocycles. The highest BCUT2D eigenvalue weighted by molar-refractivity contribution is 5.87. The minimum atomic E-state index is 0.463. The third-order valence-electron chi connectivity index (χ3n) is 4.63. The Morgan fingerprint density at radius 2 is 1.24 bits per heavy atom. The molecule has 3 aromatic carbocycles. The number of hydrogen-bond donors (Lipinski definition) is 0. The molecule has 0 spiro atoms. The van der Waals surface area contributed by atoms with E-state index < -0.39 is 0 Å². The number of pyridine rings is 1. The first-order valence-electron chi connectivity index (χ1n) is 8.77. The second kappa shape index (κ2) is 6.52. The highest BCUT2D eigenvalue weighted by atomic mass is 14.7. The molecule has 0 atom stereocenters. The van der Waals surface area contributed by atoms with Crippen LogP contribution in [0.15, 0.2) is 84.9 Å². The maximum Gasteiger partial charge on any atom is 0.0712 e. The van der Waals surface area contributed by atoms with E-state index in [1.54, 1.807) is 0 Å². The molecule has 1 nitrogen and oxygen atoms in total. The molecule has 0 aliphatic heterocycles. The van der Waals surface area contributed by atoms with Crippen molar-refractivity contribution >= 4 is 10.8 Å². The van der Waals surface area contributed by atoms with Gasteiger partial charge in [-0.25, -0.2) is 4.98 Å². The number of rotatable bonds is 3. The summed E-state index contributed by atoms with van der Waals surface area (Å²) < 4.78 is 0. The predicted molar refractivity (Wildman–Crippen MR) is 107 cm³/mol. The van der Waals surface area contributed by atoms with E-state index in [1.165, 1.54) is 21.9 Å². The normalized spacial score (nSPS) is 11.2. The standard InChI is InChI=1S/C24H21N/c1-17(2)22-15-23(19-9-4-3-5-10-19)25-24(16-22)21-13-12-18-8-6-7-11-20(18)14-21/h3-17H,1-2H3. The number of aromatic nitrogens is 1. The van der Waals surface area contributed by atoms with Gasteiger partial charge in [0, 0.05) is 11.1 Å². The first-order chi connectivity index (χ1) is 12.2. The smallest absolute Gasteiger partial charge is 0.0712 e. The highest BCUT2D eigenvalue weighted by Gasteiger charge is 2.09. The predicted octanol–water partition coefficient (Wildman–Crippen LogP) is 6.69. The molecule has 0 amide bonds. The lowest BCUT2D eigenvalue weighted by molar-refractivity contribution is 0.864. The Balaban J connectivity index is 1.89. The average molecular weight is 323 g/mol. The summed E-state index contributed by atoms with van der Waals surface area (Å²) in [5.41, 5.74) is 5.72. The summed E-state index contributed by atoms with van der Waals surface area (Å²) in [4.78, 5) is 4.96. The van der Waals surface area contributed by atoms with E-state index in [0.29, 0.717) is 5.92 Å². The Kier molecular flexibility index (Phi) is 4.07. The molecule has 0 bridgehead atoms. The van der Waals surface area contributed by atoms with Crippen molar-refractivity contribution < 1.29 is 0 Å². The fourth-order valence-electron chi connectivity index (χ4n) is 3.14. The first kappa shape index (κ1) is 15.6. The SMILES string of the molecule is CC(C)c1cc(-c2ccccc2)nc(-c2ccc3ccccc3c2)c1. The van der Waals surface area contributed by atoms with Crippen LogP contribution in [0.1, 0.15) is 25.3 Å². The number of nitrogens with zero attached hydrogens (tertiary/aromatic N) is 1. The average Bonchev–Trinajstić information content (AvgIpc) is 2.68. The van der Waals surface area contributed by atoms with Crippen molar-refractivity contribution in [2.45, 2.75) is 19.8 Å². The van der Waals surface area contributed by atoms with Gasteiger partial charge in [0.1, 0.15) is 0 Å². The van der Waals surface area contributed by atoms with Crippen LogP contribution in [-0.4, -0.2) is 4.98 Å². The minimum Gasteiger partial charge on any atom is -0.248 e. The fraction of sp³-hybridized carbons (Fsp3) is 0.125. The molecule has 0 aliphatic carbocycles. The minimum absolute atomic E-state index is 0.463. The van der Waals surface area contributed by atoms with Crippen LogP contribution in [0.4, 0.5) is 0 Å². The van der Waals surface area contributed by atoms with Crippen molar-refractivity contribution in [3.8, 4) is 22.5 Å². The van der Waals surface area contributed by atoms with Crippen molar-refractivity contribution in [3.63, 3.8) is 0 Å². The number of hydrogen-bond acceptors (Lipinski definition) is 1. The third-order valence-corrected chi connectivity index (χ3v) is 4.63. The second-order valence-corrected chi connectivity index (χ2v) is 6.75. The summed E-state index contributed by atoms with van der Waals surface area (Å²) in [7, 11) is 0. The van der Waals surface area contributed by atoms with Gasteiger partial charge in [0.2, 0.25) is 0 Å². The molecule has 1 heteroatoms. The molecular formula is C24H21N. The molecule has 0 N–H and O–H groups in total. The van der Waals surface area contributed by atoms with Crippen LogP contribution >= 0.6 is 0 Å². The molecule has 122 valence electrons. The summed E-state index contributed by atoms with van der Waals surface area (Å²) in [6, 6.07) is 29.9. The van der Waals surface area contributed by atoms with Gasteiger partial charge < -0.3 is 0 Å². The molecule has 4 rings (SSSR count). The summed E-state index contributed by atoms with van der Waals surface area (Å²) in [5.74, 6) is 0.463. The summed E-state index contributed by atoms with van der Waals surface area (Å²) in [6.45, 7) is 4.46. The van der Waals surface area contributed by atoms with E-state index in [-0.39, 0.29) is 0 Å². The Hall–Kier alpha value is -2.93. The molecule has 4 aromatic rings. The summed E-state index contributed by atoms with van der Waals surface area (Å²) >= 11 is 0. The molecule has 0 radical (unpaired) electrons. The van der Waals surface area contributed by atoms with Crippen LogP contribution in [0.5, 0.6) is 0 Å². The maximum absolute atomic E-state index is 4.96. The van der Waals surface area contributed by atoms with Gasteiger partial charge in [-0.05, 0) is 40.5 Å². The number of fused-ring (bicyclic) bond motifs is 1. The zero-order chi connectivity index (χ0) is 17.2. The first-order valence-corrected chi connectivity index (χ1v) is 8.77. The quantitative estimate of drug-likeness (QED) is 0.409. The van der Waals surface area contributed by atoms with Crippen LogP contribution in [0, 0.1) is 0 Å². The van der Waals surface area contributed by atoms with Gasteiger partial charge >= 0.3 is 0 Å². The fourth-order valence-corrected chi connectivity index (χ4v) is 3.14. The number of benzene rings is 3. The lowest BCUT2D eigenvalue weighted by Crippen LogP contribution is -1.95. The van der Waals surface area contributed by atoms with Crippen LogP contribution in [0.25, 0.3) is 33.3 Å². The molecular weight excluding hydrogens is 302 g/mol. The van der Waals surface area contributed by atoms with Gasteiger partial charge in [0.25, 0.3) is 0 Å². The van der Waals surface area contributed by atoms with Crippen LogP contribution in [0.3, 0.4) is 0 Å². The maximum atomic E-state index is 4.96. The van der Waals surface area contributed by atoms with E-state index in [4.69, 9.17) is 4.98 Å². The zero-order valence-electron chi connectivity index (χ0n) is 14.6. The summed E-state index contributed by atoms with van der Waals surface area (Å²) in [5, 5.41) is 2.51. The summed E-state index contributed by atoms with van der Waals surface area (Å²) in [6.07, 6.45) is 0. The molecule has 0 saturated carbocycles. The third kappa shape index (κ3) is 3.18. The topological polar surface area (TPSA) is 12.9 Å². The van der Waals surface area contributed by atoms with Gasteiger partial charge in [-0.3, -0.25) is 0 Å². The van der Waals surface area contributed by atoms with Crippen LogP contribution in [-0.2, 0) is 0 Å². The van der Waals surface area contributed by atoms with Gasteiger partial charge in [0.15, 0.2) is 0 Å². The van der Waals surface area contributed by atoms with E-state index in [9.17, 15) is 0 Å². The Labute approximate surface area is 149 Å². The lowest BCUT2D eigenvalue weighted by atomic mass is 9.97. The lowest BCUT2D eigenvalue weighted by Gasteiger charge is -2.12. The van der Waals surface area contributed by atoms with E-state index >= 15 is 0 Å². The van der Waals surface area contributed by atoms with Gasteiger partial charge in [-0.15, -0.1) is 0 Å². The van der Waals surface area contributed by atoms with E-state index in [2.05, 4.69) is 92.7 Å². The molecule has 0 saturated heterocycles. The monoisotopic (exact) mass is 323 g/mol. The molecule has 0 unspecified atom stereocenters. The van der Waals surface area contributed by atoms with Crippen molar-refractivity contribution in [3.05, 3.63) is 90.5 Å². The molecule has 0 aliphatic rings. The van der Waals surface area contributed by atoms with Crippen molar-refractivity contribution in [1.82, 2.24) is 4.98 Å². The van der Waals surface area contributed by atoms with Crippen LogP contribution in [0.2, 0.25) is 0 Å². The molecule has 0 fully saturated rings. The van der Waals surface area contributed by atoms with Gasteiger partial charge in [-0.1, -0.05) is 80.6 Å². The van der Waals surface area contributed by atoms with Gasteiger partial charge in [0.05, 0.1) is 11.4 Å². The largest absolute Gasteiger partial charge is 0.248 e. The second-order valence-electron chi connectivity index (χ2n) is 6.75. The zero-order valence-corrected chi connectivity index (χ0v) is 14.6. The molecule has 25 heavy (non-hydrogen) atoms. The highest BCUT2D eigenvalue weighted by Crippen LogP contribution is 2.29. The van der Waals surface area contributed by atoms with Crippen molar-refractivity contribution in [1.29, 1.82) is 0 Å². The molecule has 1 heterocycles. The van der Waals surface area contributed by atoms with E-state index in [1.807, 2.05) is 6.07 Å². The van der Waals surface area contributed by atoms with Crippen molar-refractivity contribution in [2.24, 2.45) is 0 Å². The van der Waals surface area contributed by atoms with Gasteiger partial charge in [-0.2, -0.15) is 0 Å².